The number of rotatable bonds is 16. The summed E-state index contributed by atoms with van der Waals surface area (Å²) in [7, 11) is 0. The molecule has 222 valence electrons. The molecule has 41 heavy (non-hydrogen) atoms. The van der Waals surface area contributed by atoms with Crippen molar-refractivity contribution in [2.24, 2.45) is 17.8 Å². The van der Waals surface area contributed by atoms with Gasteiger partial charge in [0.25, 0.3) is 0 Å². The van der Waals surface area contributed by atoms with Crippen LogP contribution in [0.2, 0.25) is 0 Å². The summed E-state index contributed by atoms with van der Waals surface area (Å²) in [4.78, 5) is 37.8. The van der Waals surface area contributed by atoms with Gasteiger partial charge in [-0.2, -0.15) is 5.26 Å². The van der Waals surface area contributed by atoms with E-state index < -0.39 is 35.7 Å². The van der Waals surface area contributed by atoms with Gasteiger partial charge < -0.3 is 18.9 Å². The summed E-state index contributed by atoms with van der Waals surface area (Å²) in [5, 5.41) is 8.94. The first kappa shape index (κ1) is 33.3. The summed E-state index contributed by atoms with van der Waals surface area (Å²) in [5.41, 5.74) is 2.71. The van der Waals surface area contributed by atoms with E-state index in [0.29, 0.717) is 18.6 Å². The minimum absolute atomic E-state index is 0.135. The minimum Gasteiger partial charge on any atom is -0.494 e. The number of carbonyl (C=O) groups is 3. The SMILES string of the molecule is CC(C)OC(=O)C(C)C(CC(C)C(=O)OCCCCCOc1ccc(-c2ccc(C#N)cc2)cc1)C(=O)OC(C)C. The van der Waals surface area contributed by atoms with Gasteiger partial charge in [-0.25, -0.2) is 0 Å². The zero-order valence-electron chi connectivity index (χ0n) is 25.1. The Hall–Kier alpha value is -3.86. The Morgan fingerprint density at radius 2 is 1.24 bits per heavy atom. The van der Waals surface area contributed by atoms with E-state index in [-0.39, 0.29) is 25.2 Å². The first-order valence-corrected chi connectivity index (χ1v) is 14.3. The van der Waals surface area contributed by atoms with E-state index in [2.05, 4.69) is 6.07 Å². The number of benzene rings is 2. The highest BCUT2D eigenvalue weighted by atomic mass is 16.6. The van der Waals surface area contributed by atoms with Crippen LogP contribution in [0.25, 0.3) is 11.1 Å². The van der Waals surface area contributed by atoms with Gasteiger partial charge in [0, 0.05) is 0 Å². The van der Waals surface area contributed by atoms with Gasteiger partial charge in [-0.3, -0.25) is 14.4 Å². The molecule has 0 N–H and O–H groups in total. The van der Waals surface area contributed by atoms with Gasteiger partial charge in [-0.1, -0.05) is 38.1 Å². The van der Waals surface area contributed by atoms with Gasteiger partial charge >= 0.3 is 17.9 Å². The molecule has 0 aliphatic heterocycles. The molecule has 8 heteroatoms. The Morgan fingerprint density at radius 3 is 1.80 bits per heavy atom. The predicted molar refractivity (Wildman–Crippen MR) is 156 cm³/mol. The molecule has 0 aromatic heterocycles. The quantitative estimate of drug-likeness (QED) is 0.129. The number of ether oxygens (including phenoxy) is 4. The van der Waals surface area contributed by atoms with Crippen LogP contribution in [0.5, 0.6) is 5.75 Å². The van der Waals surface area contributed by atoms with Crippen LogP contribution in [-0.4, -0.2) is 43.3 Å². The van der Waals surface area contributed by atoms with Gasteiger partial charge in [0.1, 0.15) is 5.75 Å². The highest BCUT2D eigenvalue weighted by Gasteiger charge is 2.36. The monoisotopic (exact) mass is 565 g/mol. The second-order valence-corrected chi connectivity index (χ2v) is 10.8. The lowest BCUT2D eigenvalue weighted by molar-refractivity contribution is -0.166. The summed E-state index contributed by atoms with van der Waals surface area (Å²) in [5.74, 6) is -2.76. The normalized spacial score (nSPS) is 13.1. The van der Waals surface area contributed by atoms with Crippen LogP contribution in [0.4, 0.5) is 0 Å². The van der Waals surface area contributed by atoms with E-state index in [1.54, 1.807) is 53.7 Å². The van der Waals surface area contributed by atoms with Crippen molar-refractivity contribution in [1.29, 1.82) is 5.26 Å². The van der Waals surface area contributed by atoms with Crippen molar-refractivity contribution in [2.75, 3.05) is 13.2 Å². The molecule has 0 radical (unpaired) electrons. The number of hydrogen-bond acceptors (Lipinski definition) is 8. The Labute approximate surface area is 243 Å². The lowest BCUT2D eigenvalue weighted by Gasteiger charge is -2.25. The van der Waals surface area contributed by atoms with Crippen molar-refractivity contribution in [3.63, 3.8) is 0 Å². The fourth-order valence-electron chi connectivity index (χ4n) is 4.17. The second-order valence-electron chi connectivity index (χ2n) is 10.8. The number of hydrogen-bond donors (Lipinski definition) is 0. The summed E-state index contributed by atoms with van der Waals surface area (Å²) in [6.07, 6.45) is 1.82. The van der Waals surface area contributed by atoms with Crippen LogP contribution in [0.3, 0.4) is 0 Å². The topological polar surface area (TPSA) is 112 Å². The molecule has 0 saturated heterocycles. The van der Waals surface area contributed by atoms with E-state index in [1.807, 2.05) is 36.4 Å². The lowest BCUT2D eigenvalue weighted by Crippen LogP contribution is -2.35. The van der Waals surface area contributed by atoms with Crippen molar-refractivity contribution in [3.05, 3.63) is 54.1 Å². The standard InChI is InChI=1S/C33H43NO7/c1-22(2)40-32(36)25(6)30(33(37)41-23(3)4)20-24(5)31(35)39-19-9-7-8-18-38-29-16-14-28(15-17-29)27-12-10-26(21-34)11-13-27/h10-17,22-25,30H,7-9,18-20H2,1-6H3. The fourth-order valence-corrected chi connectivity index (χ4v) is 4.17. The number of nitriles is 1. The van der Waals surface area contributed by atoms with Crippen LogP contribution in [0.15, 0.2) is 48.5 Å². The molecule has 0 aliphatic rings. The van der Waals surface area contributed by atoms with Crippen molar-refractivity contribution >= 4 is 17.9 Å². The van der Waals surface area contributed by atoms with Crippen LogP contribution >= 0.6 is 0 Å². The van der Waals surface area contributed by atoms with Crippen molar-refractivity contribution in [2.45, 2.75) is 79.4 Å². The molecule has 2 aromatic carbocycles. The third-order valence-corrected chi connectivity index (χ3v) is 6.50. The summed E-state index contributed by atoms with van der Waals surface area (Å²) in [6, 6.07) is 17.4. The summed E-state index contributed by atoms with van der Waals surface area (Å²) in [6.45, 7) is 11.1. The van der Waals surface area contributed by atoms with E-state index in [0.717, 1.165) is 29.7 Å². The number of nitrogens with zero attached hydrogens (tertiary/aromatic N) is 1. The van der Waals surface area contributed by atoms with Crippen LogP contribution in [-0.2, 0) is 28.6 Å². The van der Waals surface area contributed by atoms with E-state index in [9.17, 15) is 14.4 Å². The fraction of sp³-hybridized carbons (Fsp3) is 0.515. The van der Waals surface area contributed by atoms with E-state index >= 15 is 0 Å². The second kappa shape index (κ2) is 17.1. The van der Waals surface area contributed by atoms with Crippen molar-refractivity contribution in [3.8, 4) is 22.9 Å². The Balaban J connectivity index is 1.72. The van der Waals surface area contributed by atoms with Crippen molar-refractivity contribution in [1.82, 2.24) is 0 Å². The predicted octanol–water partition coefficient (Wildman–Crippen LogP) is 6.50. The molecule has 8 nitrogen and oxygen atoms in total. The highest BCUT2D eigenvalue weighted by molar-refractivity contribution is 5.83. The van der Waals surface area contributed by atoms with Crippen LogP contribution in [0, 0.1) is 29.1 Å². The van der Waals surface area contributed by atoms with Gasteiger partial charge in [0.15, 0.2) is 0 Å². The molecule has 0 saturated carbocycles. The van der Waals surface area contributed by atoms with Crippen molar-refractivity contribution < 1.29 is 33.3 Å². The molecular formula is C33H43NO7. The zero-order chi connectivity index (χ0) is 30.4. The van der Waals surface area contributed by atoms with Crippen LogP contribution < -0.4 is 4.74 Å². The molecule has 0 spiro atoms. The zero-order valence-corrected chi connectivity index (χ0v) is 25.1. The maximum Gasteiger partial charge on any atom is 0.310 e. The number of unbranched alkanes of at least 4 members (excludes halogenated alkanes) is 2. The third kappa shape index (κ3) is 11.6. The molecule has 3 atom stereocenters. The molecule has 0 aliphatic carbocycles. The van der Waals surface area contributed by atoms with E-state index in [1.165, 1.54) is 0 Å². The molecule has 2 rings (SSSR count). The Bertz CT molecular complexity index is 1150. The largest absolute Gasteiger partial charge is 0.494 e. The summed E-state index contributed by atoms with van der Waals surface area (Å²) >= 11 is 0. The molecule has 0 amide bonds. The van der Waals surface area contributed by atoms with Gasteiger partial charge in [0.2, 0.25) is 0 Å². The maximum absolute atomic E-state index is 12.7. The van der Waals surface area contributed by atoms with E-state index in [4.69, 9.17) is 24.2 Å². The molecule has 2 aromatic rings. The average molecular weight is 566 g/mol. The Morgan fingerprint density at radius 1 is 0.707 bits per heavy atom. The van der Waals surface area contributed by atoms with Gasteiger partial charge in [-0.15, -0.1) is 0 Å². The maximum atomic E-state index is 12.7. The first-order chi connectivity index (χ1) is 19.5. The molecular weight excluding hydrogens is 522 g/mol. The number of esters is 3. The molecule has 3 unspecified atom stereocenters. The number of carbonyl (C=O) groups excluding carboxylic acids is 3. The molecule has 0 fully saturated rings. The highest BCUT2D eigenvalue weighted by Crippen LogP contribution is 2.26. The average Bonchev–Trinajstić information content (AvgIpc) is 2.94. The Kier molecular flexibility index (Phi) is 13.9. The molecule has 0 bridgehead atoms. The summed E-state index contributed by atoms with van der Waals surface area (Å²) < 4.78 is 21.9. The van der Waals surface area contributed by atoms with Crippen LogP contribution in [0.1, 0.15) is 72.8 Å². The van der Waals surface area contributed by atoms with Gasteiger partial charge in [-0.05, 0) is 88.8 Å². The molecule has 0 heterocycles. The lowest BCUT2D eigenvalue weighted by atomic mass is 9.85. The minimum atomic E-state index is -0.804. The third-order valence-electron chi connectivity index (χ3n) is 6.50. The smallest absolute Gasteiger partial charge is 0.310 e. The first-order valence-electron chi connectivity index (χ1n) is 14.3. The van der Waals surface area contributed by atoms with Gasteiger partial charge in [0.05, 0.1) is 54.8 Å².